The third kappa shape index (κ3) is 33.5. The van der Waals surface area contributed by atoms with Crippen LogP contribution >= 0.6 is 7.82 Å². The lowest BCUT2D eigenvalue weighted by molar-refractivity contribution is -0.161. The number of ether oxygens (including phenoxy) is 2. The van der Waals surface area contributed by atoms with E-state index in [1.54, 1.807) is 0 Å². The Hall–Kier alpha value is -2.11. The largest absolute Gasteiger partial charge is 0.472 e. The minimum Gasteiger partial charge on any atom is -0.462 e. The highest BCUT2D eigenvalue weighted by Crippen LogP contribution is 2.43. The first kappa shape index (κ1) is 48.9. The van der Waals surface area contributed by atoms with Gasteiger partial charge in [-0.2, -0.15) is 0 Å². The third-order valence-electron chi connectivity index (χ3n) is 8.13. The summed E-state index contributed by atoms with van der Waals surface area (Å²) in [6.07, 6.45) is 28.6. The van der Waals surface area contributed by atoms with E-state index in [-0.39, 0.29) is 25.6 Å². The zero-order chi connectivity index (χ0) is 38.0. The number of carbonyl (C=O) groups is 2. The van der Waals surface area contributed by atoms with Crippen molar-refractivity contribution >= 4 is 19.8 Å². The number of hydrogen-bond acceptors (Lipinski definition) is 10. The summed E-state index contributed by atoms with van der Waals surface area (Å²) in [5.41, 5.74) is 0. The summed E-state index contributed by atoms with van der Waals surface area (Å²) in [7, 11) is -4.64. The second kappa shape index (κ2) is 33.7. The molecule has 0 aromatic rings. The molecule has 0 saturated heterocycles. The lowest BCUT2D eigenvalue weighted by atomic mass is 10.00. The first-order chi connectivity index (χ1) is 24.5. The third-order valence-corrected chi connectivity index (χ3v) is 9.08. The molecule has 2 unspecified atom stereocenters. The van der Waals surface area contributed by atoms with E-state index in [1.165, 1.54) is 25.7 Å². The second-order valence-corrected chi connectivity index (χ2v) is 14.5. The van der Waals surface area contributed by atoms with Crippen LogP contribution in [0.15, 0.2) is 48.6 Å². The number of phosphoric ester groups is 1. The van der Waals surface area contributed by atoms with Gasteiger partial charge < -0.3 is 29.7 Å². The van der Waals surface area contributed by atoms with Crippen molar-refractivity contribution < 1.29 is 52.9 Å². The fraction of sp³-hybridized carbons (Fsp3) is 0.744. The molecule has 0 aliphatic rings. The van der Waals surface area contributed by atoms with E-state index in [9.17, 15) is 29.3 Å². The number of aliphatic hydroxyl groups is 3. The molecule has 296 valence electrons. The molecule has 4 N–H and O–H groups in total. The SMILES string of the molecule is CCCCC[C@H](O)/C=C/C=C\C/C=C\C/C=C\CCCC(=O)O[C@H](COC(=O)CCCCCCCCC(C)CC)COP(=O)(O)OC[C@@H](O)CO. The summed E-state index contributed by atoms with van der Waals surface area (Å²) in [6, 6.07) is 0. The Balaban J connectivity index is 4.54. The summed E-state index contributed by atoms with van der Waals surface area (Å²) >= 11 is 0. The van der Waals surface area contributed by atoms with Crippen molar-refractivity contribution in [1.82, 2.24) is 0 Å². The van der Waals surface area contributed by atoms with Gasteiger partial charge in [0.2, 0.25) is 0 Å². The first-order valence-electron chi connectivity index (χ1n) is 19.1. The number of carbonyl (C=O) groups excluding carboxylic acids is 2. The average Bonchev–Trinajstić information content (AvgIpc) is 3.11. The van der Waals surface area contributed by atoms with E-state index >= 15 is 0 Å². The van der Waals surface area contributed by atoms with Gasteiger partial charge in [-0.15, -0.1) is 0 Å². The van der Waals surface area contributed by atoms with E-state index in [2.05, 4.69) is 31.4 Å². The van der Waals surface area contributed by atoms with Crippen LogP contribution in [0.5, 0.6) is 0 Å². The molecule has 0 aromatic carbocycles. The lowest BCUT2D eigenvalue weighted by Gasteiger charge is -2.20. The molecule has 0 aliphatic heterocycles. The summed E-state index contributed by atoms with van der Waals surface area (Å²) in [4.78, 5) is 34.8. The van der Waals surface area contributed by atoms with Crippen LogP contribution in [0.1, 0.15) is 136 Å². The molecule has 0 bridgehead atoms. The molecule has 5 atom stereocenters. The van der Waals surface area contributed by atoms with E-state index in [0.717, 1.165) is 63.7 Å². The molecule has 0 rings (SSSR count). The summed E-state index contributed by atoms with van der Waals surface area (Å²) < 4.78 is 32.5. The molecule has 0 heterocycles. The van der Waals surface area contributed by atoms with Crippen LogP contribution in [-0.2, 0) is 32.7 Å². The van der Waals surface area contributed by atoms with Gasteiger partial charge >= 0.3 is 19.8 Å². The molecule has 11 nitrogen and oxygen atoms in total. The highest BCUT2D eigenvalue weighted by molar-refractivity contribution is 7.47. The van der Waals surface area contributed by atoms with Crippen LogP contribution in [0, 0.1) is 5.92 Å². The smallest absolute Gasteiger partial charge is 0.462 e. The lowest BCUT2D eigenvalue weighted by Crippen LogP contribution is -2.29. The number of aliphatic hydroxyl groups excluding tert-OH is 3. The standard InChI is InChI=1S/C39H69O11P/c1-4-6-20-26-35(41)27-22-17-12-10-8-7-9-11-13-19-24-29-39(44)50-37(33-49-51(45,46)48-31-36(42)30-40)32-47-38(43)28-23-18-15-14-16-21-25-34(3)5-2/h7-8,11-13,17,22,27,34-37,40-42H,4-6,9-10,14-16,18-21,23-26,28-33H2,1-3H3,(H,45,46)/b8-7-,13-11-,17-12-,27-22+/t34?,35-,36-,37+/m0/s1. The molecular formula is C39H69O11P. The fourth-order valence-corrected chi connectivity index (χ4v) is 5.51. The van der Waals surface area contributed by atoms with Gasteiger partial charge in [0.15, 0.2) is 6.10 Å². The van der Waals surface area contributed by atoms with Crippen LogP contribution in [-0.4, -0.2) is 76.9 Å². The number of rotatable bonds is 34. The molecular weight excluding hydrogens is 675 g/mol. The van der Waals surface area contributed by atoms with Gasteiger partial charge in [-0.05, 0) is 44.4 Å². The molecule has 0 aromatic heterocycles. The van der Waals surface area contributed by atoms with Crippen LogP contribution in [0.25, 0.3) is 0 Å². The maximum atomic E-state index is 12.5. The van der Waals surface area contributed by atoms with Crippen LogP contribution < -0.4 is 0 Å². The maximum absolute atomic E-state index is 12.5. The van der Waals surface area contributed by atoms with Crippen molar-refractivity contribution in [2.24, 2.45) is 5.92 Å². The van der Waals surface area contributed by atoms with Crippen molar-refractivity contribution in [3.8, 4) is 0 Å². The average molecular weight is 745 g/mol. The van der Waals surface area contributed by atoms with Crippen molar-refractivity contribution in [2.45, 2.75) is 155 Å². The van der Waals surface area contributed by atoms with Crippen LogP contribution in [0.4, 0.5) is 0 Å². The molecule has 0 fully saturated rings. The number of esters is 2. The zero-order valence-electron chi connectivity index (χ0n) is 31.6. The highest BCUT2D eigenvalue weighted by atomic mass is 31.2. The van der Waals surface area contributed by atoms with E-state index in [0.29, 0.717) is 19.3 Å². The first-order valence-corrected chi connectivity index (χ1v) is 20.6. The van der Waals surface area contributed by atoms with Crippen LogP contribution in [0.2, 0.25) is 0 Å². The van der Waals surface area contributed by atoms with Gasteiger partial charge in [0.1, 0.15) is 12.7 Å². The minimum absolute atomic E-state index is 0.0869. The Labute approximate surface area is 307 Å². The Bertz CT molecular complexity index is 1030. The van der Waals surface area contributed by atoms with E-state index < -0.39 is 51.8 Å². The van der Waals surface area contributed by atoms with Gasteiger partial charge in [0, 0.05) is 12.8 Å². The Morgan fingerprint density at radius 1 is 0.725 bits per heavy atom. The summed E-state index contributed by atoms with van der Waals surface area (Å²) in [6.45, 7) is 4.41. The minimum atomic E-state index is -4.64. The number of unbranched alkanes of at least 4 members (excludes halogenated alkanes) is 8. The van der Waals surface area contributed by atoms with Crippen molar-refractivity contribution in [2.75, 3.05) is 26.4 Å². The normalized spacial score (nSPS) is 15.8. The monoisotopic (exact) mass is 744 g/mol. The molecule has 0 amide bonds. The molecule has 0 spiro atoms. The Morgan fingerprint density at radius 3 is 2.06 bits per heavy atom. The number of phosphoric acid groups is 1. The maximum Gasteiger partial charge on any atom is 0.472 e. The van der Waals surface area contributed by atoms with Crippen molar-refractivity contribution in [3.63, 3.8) is 0 Å². The molecule has 0 radical (unpaired) electrons. The van der Waals surface area contributed by atoms with Gasteiger partial charge in [-0.25, -0.2) is 4.57 Å². The summed E-state index contributed by atoms with van der Waals surface area (Å²) in [5, 5.41) is 28.1. The van der Waals surface area contributed by atoms with Crippen molar-refractivity contribution in [1.29, 1.82) is 0 Å². The van der Waals surface area contributed by atoms with Gasteiger partial charge in [0.25, 0.3) is 0 Å². The fourth-order valence-electron chi connectivity index (χ4n) is 4.72. The quantitative estimate of drug-likeness (QED) is 0.0165. The van der Waals surface area contributed by atoms with Crippen molar-refractivity contribution in [3.05, 3.63) is 48.6 Å². The number of hydrogen-bond donors (Lipinski definition) is 4. The highest BCUT2D eigenvalue weighted by Gasteiger charge is 2.27. The predicted octanol–water partition coefficient (Wildman–Crippen LogP) is 8.21. The molecule has 0 aliphatic carbocycles. The predicted molar refractivity (Wildman–Crippen MR) is 202 cm³/mol. The van der Waals surface area contributed by atoms with E-state index in [1.807, 2.05) is 42.5 Å². The van der Waals surface area contributed by atoms with Gasteiger partial charge in [0.05, 0.1) is 25.9 Å². The zero-order valence-corrected chi connectivity index (χ0v) is 32.5. The van der Waals surface area contributed by atoms with Gasteiger partial charge in [-0.1, -0.05) is 134 Å². The molecule has 12 heteroatoms. The topological polar surface area (TPSA) is 169 Å². The van der Waals surface area contributed by atoms with Gasteiger partial charge in [-0.3, -0.25) is 18.6 Å². The molecule has 0 saturated carbocycles. The Morgan fingerprint density at radius 2 is 1.35 bits per heavy atom. The van der Waals surface area contributed by atoms with Crippen LogP contribution in [0.3, 0.4) is 0 Å². The second-order valence-electron chi connectivity index (χ2n) is 13.0. The Kier molecular flexibility index (Phi) is 32.3. The molecule has 51 heavy (non-hydrogen) atoms. The van der Waals surface area contributed by atoms with E-state index in [4.69, 9.17) is 19.1 Å². The number of allylic oxidation sites excluding steroid dienone is 7. The summed E-state index contributed by atoms with van der Waals surface area (Å²) in [5.74, 6) is -0.262.